The molecule has 1 saturated heterocycles. The van der Waals surface area contributed by atoms with Crippen LogP contribution in [0.25, 0.3) is 0 Å². The first-order valence-corrected chi connectivity index (χ1v) is 7.78. The number of piperazine rings is 1. The Hall–Kier alpha value is -0.780. The van der Waals surface area contributed by atoms with Gasteiger partial charge in [0.1, 0.15) is 0 Å². The summed E-state index contributed by atoms with van der Waals surface area (Å²) in [7, 11) is 2.18. The topological polar surface area (TPSA) is 6.48 Å². The number of rotatable bonds is 2. The molecule has 0 saturated carbocycles. The number of hydrogen-bond acceptors (Lipinski definition) is 2. The summed E-state index contributed by atoms with van der Waals surface area (Å²) in [6.07, 6.45) is 4.24. The summed E-state index contributed by atoms with van der Waals surface area (Å²) in [6, 6.07) is 0. The van der Waals surface area contributed by atoms with Gasteiger partial charge in [-0.15, -0.1) is 0 Å². The summed E-state index contributed by atoms with van der Waals surface area (Å²) in [4.78, 5) is 4.80. The van der Waals surface area contributed by atoms with Gasteiger partial charge < -0.3 is 4.90 Å². The molecule has 0 aliphatic carbocycles. The molecule has 0 amide bonds. The second-order valence-electron chi connectivity index (χ2n) is 6.90. The second kappa shape index (κ2) is 10.0. The summed E-state index contributed by atoms with van der Waals surface area (Å²) >= 11 is 0. The van der Waals surface area contributed by atoms with Crippen molar-refractivity contribution in [2.45, 2.75) is 41.5 Å². The molecule has 2 nitrogen and oxygen atoms in total. The predicted octanol–water partition coefficient (Wildman–Crippen LogP) is 3.50. The van der Waals surface area contributed by atoms with Crippen LogP contribution in [0.1, 0.15) is 41.5 Å². The molecule has 0 bridgehead atoms. The molecule has 1 aliphatic heterocycles. The Balaban J connectivity index is 0.000000511. The van der Waals surface area contributed by atoms with E-state index in [-0.39, 0.29) is 5.41 Å². The number of hydrogen-bond donors (Lipinski definition) is 0. The molecule has 0 spiro atoms. The van der Waals surface area contributed by atoms with Crippen LogP contribution in [-0.4, -0.2) is 49.6 Å². The summed E-state index contributed by atoms with van der Waals surface area (Å²) in [6.45, 7) is 18.5. The lowest BCUT2D eigenvalue weighted by atomic mass is 9.98. The smallest absolute Gasteiger partial charge is 0.0602 e. The van der Waals surface area contributed by atoms with Gasteiger partial charge >= 0.3 is 0 Å². The van der Waals surface area contributed by atoms with Crippen LogP contribution in [0, 0.1) is 23.2 Å². The van der Waals surface area contributed by atoms with Gasteiger partial charge in [-0.25, -0.2) is 0 Å². The van der Waals surface area contributed by atoms with Crippen LogP contribution in [0.4, 0.5) is 0 Å². The van der Waals surface area contributed by atoms with Crippen LogP contribution < -0.4 is 0 Å². The van der Waals surface area contributed by atoms with Crippen molar-refractivity contribution in [2.75, 3.05) is 39.8 Å². The van der Waals surface area contributed by atoms with Gasteiger partial charge in [0.05, 0.1) is 6.54 Å². The van der Waals surface area contributed by atoms with E-state index in [1.165, 1.54) is 13.1 Å². The van der Waals surface area contributed by atoms with E-state index in [9.17, 15) is 0 Å². The zero-order valence-electron chi connectivity index (χ0n) is 14.7. The normalized spacial score (nSPS) is 17.6. The Labute approximate surface area is 127 Å². The van der Waals surface area contributed by atoms with Gasteiger partial charge in [-0.1, -0.05) is 37.8 Å². The van der Waals surface area contributed by atoms with Crippen LogP contribution in [0.5, 0.6) is 0 Å². The number of allylic oxidation sites excluding steroid dienone is 2. The van der Waals surface area contributed by atoms with E-state index in [0.717, 1.165) is 25.6 Å². The van der Waals surface area contributed by atoms with Gasteiger partial charge in [-0.3, -0.25) is 4.90 Å². The van der Waals surface area contributed by atoms with Crippen LogP contribution >= 0.6 is 0 Å². The van der Waals surface area contributed by atoms with Gasteiger partial charge in [0.15, 0.2) is 0 Å². The molecule has 0 N–H and O–H groups in total. The van der Waals surface area contributed by atoms with E-state index in [0.29, 0.717) is 0 Å². The molecule has 0 atom stereocenters. The SMILES string of the molecule is CC=CC(C)C.CN1CCN(CC#CC(C)(C)C)CC1. The van der Waals surface area contributed by atoms with Crippen molar-refractivity contribution in [3.05, 3.63) is 12.2 Å². The summed E-state index contributed by atoms with van der Waals surface area (Å²) in [5.74, 6) is 7.26. The first kappa shape index (κ1) is 19.2. The minimum Gasteiger partial charge on any atom is -0.304 e. The number of nitrogens with zero attached hydrogens (tertiary/aromatic N) is 2. The summed E-state index contributed by atoms with van der Waals surface area (Å²) in [5.41, 5.74) is 0.145. The summed E-state index contributed by atoms with van der Waals surface area (Å²) in [5, 5.41) is 0. The fourth-order valence-electron chi connectivity index (χ4n) is 1.81. The van der Waals surface area contributed by atoms with Crippen LogP contribution in [-0.2, 0) is 0 Å². The summed E-state index contributed by atoms with van der Waals surface area (Å²) < 4.78 is 0. The lowest BCUT2D eigenvalue weighted by Crippen LogP contribution is -2.44. The van der Waals surface area contributed by atoms with Crippen molar-refractivity contribution in [3.8, 4) is 11.8 Å². The van der Waals surface area contributed by atoms with Crippen molar-refractivity contribution in [1.29, 1.82) is 0 Å². The Morgan fingerprint density at radius 2 is 1.65 bits per heavy atom. The highest BCUT2D eigenvalue weighted by molar-refractivity contribution is 5.08. The largest absolute Gasteiger partial charge is 0.304 e. The molecule has 0 radical (unpaired) electrons. The van der Waals surface area contributed by atoms with Crippen LogP contribution in [0.2, 0.25) is 0 Å². The molecule has 2 heteroatoms. The lowest BCUT2D eigenvalue weighted by molar-refractivity contribution is 0.168. The van der Waals surface area contributed by atoms with E-state index < -0.39 is 0 Å². The van der Waals surface area contributed by atoms with Gasteiger partial charge in [0.2, 0.25) is 0 Å². The zero-order chi connectivity index (χ0) is 15.6. The van der Waals surface area contributed by atoms with Crippen LogP contribution in [0.15, 0.2) is 12.2 Å². The molecule has 1 fully saturated rings. The zero-order valence-corrected chi connectivity index (χ0v) is 14.7. The highest BCUT2D eigenvalue weighted by atomic mass is 15.2. The highest BCUT2D eigenvalue weighted by Crippen LogP contribution is 2.09. The highest BCUT2D eigenvalue weighted by Gasteiger charge is 2.12. The van der Waals surface area contributed by atoms with Gasteiger partial charge in [-0.05, 0) is 40.7 Å². The van der Waals surface area contributed by atoms with Gasteiger partial charge in [0.25, 0.3) is 0 Å². The van der Waals surface area contributed by atoms with E-state index in [2.05, 4.69) is 75.5 Å². The molecule has 1 aliphatic rings. The van der Waals surface area contributed by atoms with Crippen molar-refractivity contribution in [3.63, 3.8) is 0 Å². The molecule has 0 aromatic heterocycles. The van der Waals surface area contributed by atoms with Crippen molar-refractivity contribution in [1.82, 2.24) is 9.80 Å². The third-order valence-corrected chi connectivity index (χ3v) is 2.94. The minimum atomic E-state index is 0.145. The average Bonchev–Trinajstić information content (AvgIpc) is 2.31. The fraction of sp³-hybridized carbons (Fsp3) is 0.778. The monoisotopic (exact) mass is 278 g/mol. The Bertz CT molecular complexity index is 318. The van der Waals surface area contributed by atoms with E-state index in [4.69, 9.17) is 0 Å². The molecule has 1 rings (SSSR count). The first-order valence-electron chi connectivity index (χ1n) is 7.78. The minimum absolute atomic E-state index is 0.145. The molecular weight excluding hydrogens is 244 g/mol. The van der Waals surface area contributed by atoms with Crippen molar-refractivity contribution >= 4 is 0 Å². The second-order valence-corrected chi connectivity index (χ2v) is 6.90. The van der Waals surface area contributed by atoms with E-state index in [1.807, 2.05) is 6.92 Å². The molecule has 20 heavy (non-hydrogen) atoms. The van der Waals surface area contributed by atoms with Crippen molar-refractivity contribution < 1.29 is 0 Å². The predicted molar refractivity (Wildman–Crippen MR) is 90.8 cm³/mol. The van der Waals surface area contributed by atoms with Gasteiger partial charge in [0, 0.05) is 31.6 Å². The van der Waals surface area contributed by atoms with E-state index in [1.54, 1.807) is 0 Å². The maximum atomic E-state index is 3.28. The van der Waals surface area contributed by atoms with E-state index >= 15 is 0 Å². The average molecular weight is 278 g/mol. The Kier molecular flexibility index (Phi) is 9.63. The first-order chi connectivity index (χ1) is 9.24. The molecule has 1 heterocycles. The lowest BCUT2D eigenvalue weighted by Gasteiger charge is -2.30. The fourth-order valence-corrected chi connectivity index (χ4v) is 1.81. The maximum absolute atomic E-state index is 3.28. The quantitative estimate of drug-likeness (QED) is 0.563. The van der Waals surface area contributed by atoms with Gasteiger partial charge in [-0.2, -0.15) is 0 Å². The van der Waals surface area contributed by atoms with Crippen LogP contribution in [0.3, 0.4) is 0 Å². The third kappa shape index (κ3) is 12.3. The molecular formula is C18H34N2. The molecule has 0 unspecified atom stereocenters. The maximum Gasteiger partial charge on any atom is 0.0602 e. The molecule has 0 aromatic rings. The Morgan fingerprint density at radius 3 is 2.00 bits per heavy atom. The molecule has 116 valence electrons. The number of likely N-dealkylation sites (N-methyl/N-ethyl adjacent to an activating group) is 1. The Morgan fingerprint density at radius 1 is 1.10 bits per heavy atom. The third-order valence-electron chi connectivity index (χ3n) is 2.94. The molecule has 0 aromatic carbocycles. The van der Waals surface area contributed by atoms with Crippen molar-refractivity contribution in [2.24, 2.45) is 11.3 Å². The standard InChI is InChI=1S/C12H22N2.C6H12/c1-12(2,3)6-5-7-14-10-8-13(4)9-11-14;1-4-5-6(2)3/h7-11H2,1-4H3;4-6H,1-3H3.